The predicted molar refractivity (Wildman–Crippen MR) is 88.7 cm³/mol. The van der Waals surface area contributed by atoms with E-state index in [1.165, 1.54) is 12.8 Å². The van der Waals surface area contributed by atoms with Crippen molar-refractivity contribution in [3.8, 4) is 0 Å². The van der Waals surface area contributed by atoms with Gasteiger partial charge in [-0.2, -0.15) is 0 Å². The monoisotopic (exact) mass is 322 g/mol. The molecule has 0 aromatic carbocycles. The summed E-state index contributed by atoms with van der Waals surface area (Å²) in [4.78, 5) is 31.2. The van der Waals surface area contributed by atoms with Crippen LogP contribution in [0.4, 0.5) is 0 Å². The molecule has 2 N–H and O–H groups in total. The summed E-state index contributed by atoms with van der Waals surface area (Å²) in [6.45, 7) is 5.97. The van der Waals surface area contributed by atoms with Crippen molar-refractivity contribution < 1.29 is 9.59 Å². The Morgan fingerprint density at radius 1 is 0.870 bits per heavy atom. The van der Waals surface area contributed by atoms with E-state index in [1.807, 2.05) is 9.80 Å². The van der Waals surface area contributed by atoms with E-state index in [4.69, 9.17) is 5.73 Å². The first kappa shape index (κ1) is 16.7. The minimum atomic E-state index is 0.117. The molecule has 0 bridgehead atoms. The zero-order valence-electron chi connectivity index (χ0n) is 14.1. The molecule has 1 saturated carbocycles. The first-order chi connectivity index (χ1) is 11.2. The number of likely N-dealkylation sites (tertiary alicyclic amines) is 1. The molecule has 2 saturated heterocycles. The molecule has 6 heteroatoms. The van der Waals surface area contributed by atoms with Crippen molar-refractivity contribution in [2.75, 3.05) is 52.4 Å². The Labute approximate surface area is 139 Å². The van der Waals surface area contributed by atoms with Gasteiger partial charge in [-0.25, -0.2) is 0 Å². The minimum absolute atomic E-state index is 0.117. The van der Waals surface area contributed by atoms with Gasteiger partial charge in [0.1, 0.15) is 0 Å². The molecule has 0 radical (unpaired) electrons. The number of rotatable bonds is 4. The predicted octanol–water partition coefficient (Wildman–Crippen LogP) is 0.128. The second kappa shape index (κ2) is 7.62. The number of piperazine rings is 1. The van der Waals surface area contributed by atoms with Crippen LogP contribution >= 0.6 is 0 Å². The topological polar surface area (TPSA) is 69.9 Å². The van der Waals surface area contributed by atoms with Crippen molar-refractivity contribution in [1.29, 1.82) is 0 Å². The summed E-state index contributed by atoms with van der Waals surface area (Å²) in [5.41, 5.74) is 5.80. The molecule has 130 valence electrons. The SMILES string of the molecule is NC[C@H]1CCC[C@H]1C(=O)N1CCN(C(=O)CN2CCCC2)CC1. The van der Waals surface area contributed by atoms with Crippen LogP contribution in [0, 0.1) is 11.8 Å². The molecule has 0 aromatic rings. The van der Waals surface area contributed by atoms with Crippen LogP contribution in [-0.2, 0) is 9.59 Å². The van der Waals surface area contributed by atoms with Gasteiger partial charge in [0.15, 0.2) is 0 Å². The average Bonchev–Trinajstić information content (AvgIpc) is 3.25. The van der Waals surface area contributed by atoms with Gasteiger partial charge in [0.25, 0.3) is 0 Å². The van der Waals surface area contributed by atoms with E-state index in [0.717, 1.165) is 32.4 Å². The first-order valence-electron chi connectivity index (χ1n) is 9.18. The normalized spacial score (nSPS) is 29.3. The summed E-state index contributed by atoms with van der Waals surface area (Å²) >= 11 is 0. The Bertz CT molecular complexity index is 428. The summed E-state index contributed by atoms with van der Waals surface area (Å²) in [6, 6.07) is 0. The highest BCUT2D eigenvalue weighted by Crippen LogP contribution is 2.32. The van der Waals surface area contributed by atoms with Gasteiger partial charge in [-0.05, 0) is 51.2 Å². The van der Waals surface area contributed by atoms with Crippen LogP contribution in [-0.4, -0.2) is 78.9 Å². The third-order valence-electron chi connectivity index (χ3n) is 5.78. The van der Waals surface area contributed by atoms with Crippen molar-refractivity contribution in [2.24, 2.45) is 17.6 Å². The lowest BCUT2D eigenvalue weighted by molar-refractivity contribution is -0.143. The standard InChI is InChI=1S/C17H30N4O2/c18-12-14-4-3-5-15(14)17(23)21-10-8-20(9-11-21)16(22)13-19-6-1-2-7-19/h14-15H,1-13,18H2/t14-,15-/m1/s1. The van der Waals surface area contributed by atoms with E-state index in [0.29, 0.717) is 45.2 Å². The van der Waals surface area contributed by atoms with Crippen molar-refractivity contribution in [3.05, 3.63) is 0 Å². The van der Waals surface area contributed by atoms with Crippen LogP contribution in [0.25, 0.3) is 0 Å². The molecule has 3 fully saturated rings. The first-order valence-corrected chi connectivity index (χ1v) is 9.18. The van der Waals surface area contributed by atoms with E-state index in [9.17, 15) is 9.59 Å². The molecule has 23 heavy (non-hydrogen) atoms. The van der Waals surface area contributed by atoms with Gasteiger partial charge in [0, 0.05) is 32.1 Å². The highest BCUT2D eigenvalue weighted by atomic mass is 16.2. The molecule has 1 aliphatic carbocycles. The van der Waals surface area contributed by atoms with Crippen LogP contribution in [0.1, 0.15) is 32.1 Å². The van der Waals surface area contributed by atoms with Gasteiger partial charge in [0.2, 0.25) is 11.8 Å². The second-order valence-electron chi connectivity index (χ2n) is 7.22. The highest BCUT2D eigenvalue weighted by molar-refractivity contribution is 5.81. The molecule has 0 unspecified atom stereocenters. The summed E-state index contributed by atoms with van der Waals surface area (Å²) in [5, 5.41) is 0. The molecule has 6 nitrogen and oxygen atoms in total. The van der Waals surface area contributed by atoms with Gasteiger partial charge >= 0.3 is 0 Å². The van der Waals surface area contributed by atoms with Crippen molar-refractivity contribution >= 4 is 11.8 Å². The Morgan fingerprint density at radius 2 is 1.52 bits per heavy atom. The number of hydrogen-bond donors (Lipinski definition) is 1. The maximum atomic E-state index is 12.7. The van der Waals surface area contributed by atoms with Gasteiger partial charge in [-0.15, -0.1) is 0 Å². The molecule has 2 heterocycles. The smallest absolute Gasteiger partial charge is 0.236 e. The third-order valence-corrected chi connectivity index (χ3v) is 5.78. The van der Waals surface area contributed by atoms with E-state index < -0.39 is 0 Å². The lowest BCUT2D eigenvalue weighted by Crippen LogP contribution is -2.54. The van der Waals surface area contributed by atoms with Gasteiger partial charge in [-0.1, -0.05) is 6.42 Å². The van der Waals surface area contributed by atoms with E-state index in [2.05, 4.69) is 4.90 Å². The van der Waals surface area contributed by atoms with Crippen molar-refractivity contribution in [1.82, 2.24) is 14.7 Å². The fraction of sp³-hybridized carbons (Fsp3) is 0.882. The number of nitrogens with zero attached hydrogens (tertiary/aromatic N) is 3. The third kappa shape index (κ3) is 3.86. The molecule has 3 aliphatic rings. The summed E-state index contributed by atoms with van der Waals surface area (Å²) in [6.07, 6.45) is 5.60. The zero-order chi connectivity index (χ0) is 16.2. The number of amides is 2. The molecule has 2 atom stereocenters. The average molecular weight is 322 g/mol. The van der Waals surface area contributed by atoms with E-state index in [-0.39, 0.29) is 17.7 Å². The zero-order valence-corrected chi connectivity index (χ0v) is 14.1. The van der Waals surface area contributed by atoms with E-state index >= 15 is 0 Å². The van der Waals surface area contributed by atoms with Crippen LogP contribution in [0.5, 0.6) is 0 Å². The second-order valence-corrected chi connectivity index (χ2v) is 7.22. The number of carbonyl (C=O) groups excluding carboxylic acids is 2. The van der Waals surface area contributed by atoms with Crippen molar-refractivity contribution in [2.45, 2.75) is 32.1 Å². The number of hydrogen-bond acceptors (Lipinski definition) is 4. The van der Waals surface area contributed by atoms with Crippen LogP contribution in [0.15, 0.2) is 0 Å². The highest BCUT2D eigenvalue weighted by Gasteiger charge is 2.36. The van der Waals surface area contributed by atoms with Crippen molar-refractivity contribution in [3.63, 3.8) is 0 Å². The molecule has 0 spiro atoms. The number of nitrogens with two attached hydrogens (primary N) is 1. The summed E-state index contributed by atoms with van der Waals surface area (Å²) < 4.78 is 0. The summed E-state index contributed by atoms with van der Waals surface area (Å²) in [7, 11) is 0. The Hall–Kier alpha value is -1.14. The molecule has 2 amide bonds. The van der Waals surface area contributed by atoms with Gasteiger partial charge in [-0.3, -0.25) is 14.5 Å². The largest absolute Gasteiger partial charge is 0.339 e. The van der Waals surface area contributed by atoms with Crippen LogP contribution in [0.2, 0.25) is 0 Å². The Kier molecular flexibility index (Phi) is 5.54. The Balaban J connectivity index is 1.46. The van der Waals surface area contributed by atoms with E-state index in [1.54, 1.807) is 0 Å². The summed E-state index contributed by atoms with van der Waals surface area (Å²) in [5.74, 6) is 0.966. The molecular weight excluding hydrogens is 292 g/mol. The fourth-order valence-electron chi connectivity index (χ4n) is 4.29. The van der Waals surface area contributed by atoms with Crippen LogP contribution < -0.4 is 5.73 Å². The number of carbonyl (C=O) groups is 2. The van der Waals surface area contributed by atoms with Gasteiger partial charge < -0.3 is 15.5 Å². The molecule has 0 aromatic heterocycles. The maximum Gasteiger partial charge on any atom is 0.236 e. The van der Waals surface area contributed by atoms with Gasteiger partial charge in [0.05, 0.1) is 6.54 Å². The molecule has 3 rings (SSSR count). The maximum absolute atomic E-state index is 12.7. The lowest BCUT2D eigenvalue weighted by Gasteiger charge is -2.37. The molecule has 2 aliphatic heterocycles. The quantitative estimate of drug-likeness (QED) is 0.799. The Morgan fingerprint density at radius 3 is 2.17 bits per heavy atom. The minimum Gasteiger partial charge on any atom is -0.339 e. The lowest BCUT2D eigenvalue weighted by atomic mass is 9.94. The van der Waals surface area contributed by atoms with Crippen LogP contribution in [0.3, 0.4) is 0 Å². The fourth-order valence-corrected chi connectivity index (χ4v) is 4.29. The molecular formula is C17H30N4O2.